The molecule has 1 aromatic heterocycles. The number of halogens is 1. The molecule has 0 amide bonds. The van der Waals surface area contributed by atoms with Gasteiger partial charge in [0.1, 0.15) is 0 Å². The van der Waals surface area contributed by atoms with Gasteiger partial charge in [0.25, 0.3) is 0 Å². The van der Waals surface area contributed by atoms with Gasteiger partial charge in [0.15, 0.2) is 5.96 Å². The number of primary sulfonamides is 1. The van der Waals surface area contributed by atoms with Crippen molar-refractivity contribution in [2.24, 2.45) is 17.2 Å². The molecule has 0 spiro atoms. The van der Waals surface area contributed by atoms with E-state index in [1.54, 1.807) is 12.1 Å². The SMILES string of the molecule is CCNC(=NCc1ccc(S(N)(=O)=O)cc1)NCc1c(C)nn(C)c1C.I. The van der Waals surface area contributed by atoms with E-state index >= 15 is 0 Å². The van der Waals surface area contributed by atoms with Crippen LogP contribution in [0.5, 0.6) is 0 Å². The van der Waals surface area contributed by atoms with E-state index in [2.05, 4.69) is 20.7 Å². The van der Waals surface area contributed by atoms with Gasteiger partial charge in [-0.25, -0.2) is 18.5 Å². The molecular formula is C17H27IN6O2S. The number of sulfonamides is 1. The molecule has 0 saturated carbocycles. The highest BCUT2D eigenvalue weighted by molar-refractivity contribution is 14.0. The molecule has 0 aliphatic rings. The van der Waals surface area contributed by atoms with Crippen LogP contribution in [0, 0.1) is 13.8 Å². The highest BCUT2D eigenvalue weighted by atomic mass is 127. The fourth-order valence-electron chi connectivity index (χ4n) is 2.54. The summed E-state index contributed by atoms with van der Waals surface area (Å²) < 4.78 is 24.5. The van der Waals surface area contributed by atoms with E-state index in [0.29, 0.717) is 19.0 Å². The van der Waals surface area contributed by atoms with Gasteiger partial charge in [-0.05, 0) is 38.5 Å². The van der Waals surface area contributed by atoms with E-state index in [9.17, 15) is 8.42 Å². The summed E-state index contributed by atoms with van der Waals surface area (Å²) >= 11 is 0. The predicted octanol–water partition coefficient (Wildman–Crippen LogP) is 1.56. The van der Waals surface area contributed by atoms with E-state index in [-0.39, 0.29) is 28.9 Å². The Balaban J connectivity index is 0.00000364. The molecular weight excluding hydrogens is 479 g/mol. The lowest BCUT2D eigenvalue weighted by Crippen LogP contribution is -2.37. The molecule has 0 saturated heterocycles. The van der Waals surface area contributed by atoms with Gasteiger partial charge in [-0.1, -0.05) is 12.1 Å². The molecule has 0 aliphatic carbocycles. The molecule has 2 aromatic rings. The molecule has 27 heavy (non-hydrogen) atoms. The molecule has 0 bridgehead atoms. The number of benzene rings is 1. The van der Waals surface area contributed by atoms with Gasteiger partial charge < -0.3 is 10.6 Å². The van der Waals surface area contributed by atoms with Crippen LogP contribution in [-0.2, 0) is 30.2 Å². The quantitative estimate of drug-likeness (QED) is 0.313. The third-order valence-corrected chi connectivity index (χ3v) is 5.04. The maximum atomic E-state index is 11.3. The van der Waals surface area contributed by atoms with Crippen LogP contribution in [0.1, 0.15) is 29.4 Å². The van der Waals surface area contributed by atoms with E-state index in [0.717, 1.165) is 29.1 Å². The van der Waals surface area contributed by atoms with Crippen molar-refractivity contribution < 1.29 is 8.42 Å². The van der Waals surface area contributed by atoms with Crippen LogP contribution in [-0.4, -0.2) is 30.7 Å². The standard InChI is InChI=1S/C17H26N6O2S.HI/c1-5-19-17(21-11-16-12(2)22-23(4)13(16)3)20-10-14-6-8-15(9-7-14)26(18,24)25;/h6-9H,5,10-11H2,1-4H3,(H2,18,24,25)(H2,19,20,21);1H. The van der Waals surface area contributed by atoms with Gasteiger partial charge >= 0.3 is 0 Å². The van der Waals surface area contributed by atoms with Crippen molar-refractivity contribution in [3.63, 3.8) is 0 Å². The lowest BCUT2D eigenvalue weighted by atomic mass is 10.2. The summed E-state index contributed by atoms with van der Waals surface area (Å²) in [6, 6.07) is 6.40. The Kier molecular flexibility index (Phi) is 8.69. The zero-order valence-corrected chi connectivity index (χ0v) is 19.1. The normalized spacial score (nSPS) is 11.8. The molecule has 0 unspecified atom stereocenters. The van der Waals surface area contributed by atoms with Crippen molar-refractivity contribution >= 4 is 40.0 Å². The fraction of sp³-hybridized carbons (Fsp3) is 0.412. The third-order valence-electron chi connectivity index (χ3n) is 4.11. The Morgan fingerprint density at radius 1 is 1.22 bits per heavy atom. The second-order valence-corrected chi connectivity index (χ2v) is 7.57. The van der Waals surface area contributed by atoms with E-state index in [1.807, 2.05) is 32.5 Å². The molecule has 0 atom stereocenters. The van der Waals surface area contributed by atoms with Gasteiger partial charge in [0, 0.05) is 31.4 Å². The average Bonchev–Trinajstić information content (AvgIpc) is 2.82. The van der Waals surface area contributed by atoms with Gasteiger partial charge in [0.05, 0.1) is 17.1 Å². The zero-order chi connectivity index (χ0) is 19.3. The Morgan fingerprint density at radius 3 is 2.33 bits per heavy atom. The van der Waals surface area contributed by atoms with Crippen molar-refractivity contribution in [1.29, 1.82) is 0 Å². The molecule has 150 valence electrons. The Morgan fingerprint density at radius 2 is 1.85 bits per heavy atom. The lowest BCUT2D eigenvalue weighted by Gasteiger charge is -2.12. The molecule has 2 rings (SSSR count). The number of rotatable bonds is 6. The zero-order valence-electron chi connectivity index (χ0n) is 16.0. The second kappa shape index (κ2) is 10.0. The predicted molar refractivity (Wildman–Crippen MR) is 118 cm³/mol. The maximum Gasteiger partial charge on any atom is 0.238 e. The van der Waals surface area contributed by atoms with Gasteiger partial charge in [-0.3, -0.25) is 4.68 Å². The summed E-state index contributed by atoms with van der Waals surface area (Å²) in [4.78, 5) is 4.64. The number of guanidine groups is 1. The van der Waals surface area contributed by atoms with E-state index in [4.69, 9.17) is 5.14 Å². The third kappa shape index (κ3) is 6.47. The first-order valence-corrected chi connectivity index (χ1v) is 9.90. The molecule has 1 aromatic carbocycles. The van der Waals surface area contributed by atoms with Crippen LogP contribution in [0.15, 0.2) is 34.2 Å². The van der Waals surface area contributed by atoms with Gasteiger partial charge in [0.2, 0.25) is 10.0 Å². The lowest BCUT2D eigenvalue weighted by molar-refractivity contribution is 0.598. The van der Waals surface area contributed by atoms with Crippen molar-refractivity contribution in [2.45, 2.75) is 38.8 Å². The van der Waals surface area contributed by atoms with Crippen LogP contribution < -0.4 is 15.8 Å². The molecule has 0 aliphatic heterocycles. The van der Waals surface area contributed by atoms with Gasteiger partial charge in [-0.15, -0.1) is 24.0 Å². The number of nitrogens with two attached hydrogens (primary N) is 1. The van der Waals surface area contributed by atoms with Crippen molar-refractivity contribution in [3.05, 3.63) is 46.8 Å². The summed E-state index contributed by atoms with van der Waals surface area (Å²) in [6.07, 6.45) is 0. The molecule has 10 heteroatoms. The molecule has 1 heterocycles. The summed E-state index contributed by atoms with van der Waals surface area (Å²) in [5.41, 5.74) is 4.15. The minimum Gasteiger partial charge on any atom is -0.357 e. The topological polar surface area (TPSA) is 114 Å². The van der Waals surface area contributed by atoms with Crippen molar-refractivity contribution in [1.82, 2.24) is 20.4 Å². The highest BCUT2D eigenvalue weighted by Gasteiger charge is 2.10. The van der Waals surface area contributed by atoms with E-state index in [1.165, 1.54) is 12.1 Å². The average molecular weight is 506 g/mol. The Labute approximate surface area is 177 Å². The number of aliphatic imine (C=N–C) groups is 1. The van der Waals surface area contributed by atoms with Crippen LogP contribution in [0.25, 0.3) is 0 Å². The summed E-state index contributed by atoms with van der Waals surface area (Å²) in [5, 5.41) is 16.0. The highest BCUT2D eigenvalue weighted by Crippen LogP contribution is 2.12. The van der Waals surface area contributed by atoms with Crippen molar-refractivity contribution in [2.75, 3.05) is 6.54 Å². The number of hydrogen-bond acceptors (Lipinski definition) is 4. The number of nitrogens with zero attached hydrogens (tertiary/aromatic N) is 3. The Hall–Kier alpha value is -1.66. The van der Waals surface area contributed by atoms with E-state index < -0.39 is 10.0 Å². The smallest absolute Gasteiger partial charge is 0.238 e. The van der Waals surface area contributed by atoms with Crippen LogP contribution >= 0.6 is 24.0 Å². The monoisotopic (exact) mass is 506 g/mol. The summed E-state index contributed by atoms with van der Waals surface area (Å²) in [7, 11) is -1.75. The fourth-order valence-corrected chi connectivity index (χ4v) is 3.06. The number of aryl methyl sites for hydroxylation is 2. The molecule has 0 radical (unpaired) electrons. The Bertz CT molecular complexity index is 891. The maximum absolute atomic E-state index is 11.3. The minimum atomic E-state index is -3.67. The number of hydrogen-bond donors (Lipinski definition) is 3. The summed E-state index contributed by atoms with van der Waals surface area (Å²) in [6.45, 7) is 7.81. The van der Waals surface area contributed by atoms with Gasteiger partial charge in [-0.2, -0.15) is 5.10 Å². The van der Waals surface area contributed by atoms with Crippen LogP contribution in [0.2, 0.25) is 0 Å². The molecule has 4 N–H and O–H groups in total. The minimum absolute atomic E-state index is 0. The number of nitrogens with one attached hydrogen (secondary N) is 2. The molecule has 8 nitrogen and oxygen atoms in total. The van der Waals surface area contributed by atoms with Crippen LogP contribution in [0.4, 0.5) is 0 Å². The van der Waals surface area contributed by atoms with Crippen molar-refractivity contribution in [3.8, 4) is 0 Å². The summed E-state index contributed by atoms with van der Waals surface area (Å²) in [5.74, 6) is 0.686. The first-order valence-electron chi connectivity index (χ1n) is 8.35. The largest absolute Gasteiger partial charge is 0.357 e. The first kappa shape index (κ1) is 23.4. The second-order valence-electron chi connectivity index (χ2n) is 6.01. The number of aromatic nitrogens is 2. The first-order chi connectivity index (χ1) is 12.2. The van der Waals surface area contributed by atoms with Crippen LogP contribution in [0.3, 0.4) is 0 Å². The molecule has 0 fully saturated rings.